The van der Waals surface area contributed by atoms with E-state index >= 15 is 0 Å². The van der Waals surface area contributed by atoms with E-state index in [0.717, 1.165) is 13.0 Å². The summed E-state index contributed by atoms with van der Waals surface area (Å²) in [6.07, 6.45) is 0.810. The van der Waals surface area contributed by atoms with E-state index in [1.54, 1.807) is 18.2 Å². The fraction of sp³-hybridized carbons (Fsp3) is 0.571. The van der Waals surface area contributed by atoms with Crippen LogP contribution in [0.15, 0.2) is 29.2 Å². The number of hydrogen-bond donors (Lipinski definition) is 1. The number of hydrogen-bond acceptors (Lipinski definition) is 4. The third-order valence-corrected chi connectivity index (χ3v) is 5.25. The van der Waals surface area contributed by atoms with Crippen LogP contribution >= 0.6 is 0 Å². The van der Waals surface area contributed by atoms with Crippen molar-refractivity contribution in [1.82, 2.24) is 9.21 Å². The Labute approximate surface area is 122 Å². The van der Waals surface area contributed by atoms with Crippen molar-refractivity contribution in [1.29, 1.82) is 0 Å². The normalized spacial score (nSPS) is 12.3. The van der Waals surface area contributed by atoms with Crippen molar-refractivity contribution in [2.45, 2.75) is 24.8 Å². The van der Waals surface area contributed by atoms with Crippen molar-refractivity contribution in [3.8, 4) is 0 Å². The molecule has 0 aliphatic heterocycles. The zero-order valence-corrected chi connectivity index (χ0v) is 13.4. The molecule has 1 rings (SSSR count). The SMILES string of the molecule is CCN(CCCN(C)C)S(=O)(=O)c1ccccc1CN. The lowest BCUT2D eigenvalue weighted by Crippen LogP contribution is -2.34. The largest absolute Gasteiger partial charge is 0.326 e. The van der Waals surface area contributed by atoms with Gasteiger partial charge in [0.1, 0.15) is 0 Å². The molecule has 0 unspecified atom stereocenters. The lowest BCUT2D eigenvalue weighted by molar-refractivity contribution is 0.356. The minimum Gasteiger partial charge on any atom is -0.326 e. The minimum atomic E-state index is -3.46. The Morgan fingerprint density at radius 1 is 1.15 bits per heavy atom. The van der Waals surface area contributed by atoms with Crippen molar-refractivity contribution >= 4 is 10.0 Å². The van der Waals surface area contributed by atoms with Gasteiger partial charge in [0.25, 0.3) is 0 Å². The van der Waals surface area contributed by atoms with E-state index in [1.165, 1.54) is 4.31 Å². The van der Waals surface area contributed by atoms with Gasteiger partial charge in [-0.1, -0.05) is 25.1 Å². The van der Waals surface area contributed by atoms with Gasteiger partial charge in [0, 0.05) is 19.6 Å². The van der Waals surface area contributed by atoms with E-state index in [2.05, 4.69) is 0 Å². The van der Waals surface area contributed by atoms with Crippen LogP contribution in [0.5, 0.6) is 0 Å². The minimum absolute atomic E-state index is 0.227. The summed E-state index contributed by atoms with van der Waals surface area (Å²) >= 11 is 0. The van der Waals surface area contributed by atoms with E-state index in [-0.39, 0.29) is 6.54 Å². The van der Waals surface area contributed by atoms with Gasteiger partial charge in [-0.3, -0.25) is 0 Å². The third-order valence-electron chi connectivity index (χ3n) is 3.18. The second-order valence-electron chi connectivity index (χ2n) is 4.97. The van der Waals surface area contributed by atoms with Crippen LogP contribution in [0.2, 0.25) is 0 Å². The highest BCUT2D eigenvalue weighted by atomic mass is 32.2. The average molecular weight is 299 g/mol. The first-order valence-corrected chi connectivity index (χ1v) is 8.30. The van der Waals surface area contributed by atoms with E-state index < -0.39 is 10.0 Å². The van der Waals surface area contributed by atoms with Crippen LogP contribution in [0.4, 0.5) is 0 Å². The van der Waals surface area contributed by atoms with Crippen molar-refractivity contribution in [3.63, 3.8) is 0 Å². The highest BCUT2D eigenvalue weighted by molar-refractivity contribution is 7.89. The molecule has 0 aliphatic rings. The van der Waals surface area contributed by atoms with Crippen molar-refractivity contribution < 1.29 is 8.42 Å². The van der Waals surface area contributed by atoms with Crippen LogP contribution in [0, 0.1) is 0 Å². The first-order valence-electron chi connectivity index (χ1n) is 6.86. The molecule has 2 N–H and O–H groups in total. The Kier molecular flexibility index (Phi) is 6.61. The van der Waals surface area contributed by atoms with Crippen molar-refractivity contribution in [2.24, 2.45) is 5.73 Å². The molecule has 114 valence electrons. The van der Waals surface area contributed by atoms with Gasteiger partial charge in [-0.25, -0.2) is 8.42 Å². The highest BCUT2D eigenvalue weighted by Crippen LogP contribution is 2.20. The molecular formula is C14H25N3O2S. The monoisotopic (exact) mass is 299 g/mol. The first-order chi connectivity index (χ1) is 9.43. The summed E-state index contributed by atoms with van der Waals surface area (Å²) in [5.41, 5.74) is 6.30. The summed E-state index contributed by atoms with van der Waals surface area (Å²) in [7, 11) is 0.504. The molecule has 0 aliphatic carbocycles. The van der Waals surface area contributed by atoms with Gasteiger partial charge in [-0.2, -0.15) is 4.31 Å². The van der Waals surface area contributed by atoms with Crippen LogP contribution in [0.25, 0.3) is 0 Å². The molecule has 0 heterocycles. The molecule has 1 aromatic rings. The molecule has 0 saturated carbocycles. The predicted molar refractivity (Wildman–Crippen MR) is 81.9 cm³/mol. The first kappa shape index (κ1) is 17.1. The van der Waals surface area contributed by atoms with E-state index in [9.17, 15) is 8.42 Å². The quantitative estimate of drug-likeness (QED) is 0.781. The lowest BCUT2D eigenvalue weighted by Gasteiger charge is -2.22. The Balaban J connectivity index is 2.94. The molecule has 0 spiro atoms. The Morgan fingerprint density at radius 2 is 1.80 bits per heavy atom. The van der Waals surface area contributed by atoms with Gasteiger partial charge in [-0.05, 0) is 38.7 Å². The summed E-state index contributed by atoms with van der Waals surface area (Å²) in [5, 5.41) is 0. The molecule has 0 radical (unpaired) electrons. The van der Waals surface area contributed by atoms with Crippen LogP contribution < -0.4 is 5.73 Å². The van der Waals surface area contributed by atoms with Gasteiger partial charge in [0.05, 0.1) is 4.90 Å². The van der Waals surface area contributed by atoms with Crippen LogP contribution in [-0.2, 0) is 16.6 Å². The summed E-state index contributed by atoms with van der Waals surface area (Å²) in [5.74, 6) is 0. The fourth-order valence-corrected chi connectivity index (χ4v) is 3.80. The zero-order chi connectivity index (χ0) is 15.2. The number of nitrogens with zero attached hydrogens (tertiary/aromatic N) is 2. The molecule has 1 aromatic carbocycles. The zero-order valence-electron chi connectivity index (χ0n) is 12.5. The molecule has 0 bridgehead atoms. The van der Waals surface area contributed by atoms with E-state index in [0.29, 0.717) is 23.5 Å². The maximum atomic E-state index is 12.7. The smallest absolute Gasteiger partial charge is 0.243 e. The van der Waals surface area contributed by atoms with Gasteiger partial charge < -0.3 is 10.6 Å². The molecule has 5 nitrogen and oxygen atoms in total. The van der Waals surface area contributed by atoms with Gasteiger partial charge in [0.15, 0.2) is 0 Å². The summed E-state index contributed by atoms with van der Waals surface area (Å²) in [4.78, 5) is 2.38. The van der Waals surface area contributed by atoms with E-state index in [4.69, 9.17) is 5.73 Å². The van der Waals surface area contributed by atoms with Crippen LogP contribution in [0.1, 0.15) is 18.9 Å². The fourth-order valence-electron chi connectivity index (χ4n) is 2.07. The number of rotatable bonds is 8. The number of benzene rings is 1. The Hall–Kier alpha value is -0.950. The standard InChI is InChI=1S/C14H25N3O2S/c1-4-17(11-7-10-16(2)3)20(18,19)14-9-6-5-8-13(14)12-15/h5-6,8-9H,4,7,10-12,15H2,1-3H3. The molecule has 0 amide bonds. The maximum Gasteiger partial charge on any atom is 0.243 e. The molecule has 0 saturated heterocycles. The molecule has 0 fully saturated rings. The van der Waals surface area contributed by atoms with Gasteiger partial charge in [0.2, 0.25) is 10.0 Å². The molecule has 0 aromatic heterocycles. The Morgan fingerprint density at radius 3 is 2.35 bits per heavy atom. The number of sulfonamides is 1. The highest BCUT2D eigenvalue weighted by Gasteiger charge is 2.24. The van der Waals surface area contributed by atoms with Crippen LogP contribution in [0.3, 0.4) is 0 Å². The van der Waals surface area contributed by atoms with Gasteiger partial charge in [-0.15, -0.1) is 0 Å². The third kappa shape index (κ3) is 4.28. The summed E-state index contributed by atoms with van der Waals surface area (Å²) in [6.45, 7) is 3.94. The summed E-state index contributed by atoms with van der Waals surface area (Å²) in [6, 6.07) is 6.94. The lowest BCUT2D eigenvalue weighted by atomic mass is 10.2. The second kappa shape index (κ2) is 7.73. The molecular weight excluding hydrogens is 274 g/mol. The average Bonchev–Trinajstić information content (AvgIpc) is 2.43. The number of nitrogens with two attached hydrogens (primary N) is 1. The second-order valence-corrected chi connectivity index (χ2v) is 6.87. The Bertz CT molecular complexity index is 515. The van der Waals surface area contributed by atoms with Gasteiger partial charge >= 0.3 is 0 Å². The molecule has 6 heteroatoms. The topological polar surface area (TPSA) is 66.6 Å². The predicted octanol–water partition coefficient (Wildman–Crippen LogP) is 1.11. The molecule has 0 atom stereocenters. The van der Waals surface area contributed by atoms with Crippen molar-refractivity contribution in [2.75, 3.05) is 33.7 Å². The summed E-state index contributed by atoms with van der Waals surface area (Å²) < 4.78 is 26.9. The van der Waals surface area contributed by atoms with Crippen LogP contribution in [-0.4, -0.2) is 51.4 Å². The van der Waals surface area contributed by atoms with Crippen molar-refractivity contribution in [3.05, 3.63) is 29.8 Å². The molecule has 20 heavy (non-hydrogen) atoms. The maximum absolute atomic E-state index is 12.7. The van der Waals surface area contributed by atoms with E-state index in [1.807, 2.05) is 32.0 Å².